The lowest BCUT2D eigenvalue weighted by atomic mass is 9.89. The molecule has 2 heterocycles. The first kappa shape index (κ1) is 16.5. The van der Waals surface area contributed by atoms with E-state index in [9.17, 15) is 0 Å². The van der Waals surface area contributed by atoms with Gasteiger partial charge in [0, 0.05) is 16.5 Å². The van der Waals surface area contributed by atoms with Gasteiger partial charge in [-0.1, -0.05) is 29.8 Å². The minimum absolute atomic E-state index is 0.626. The summed E-state index contributed by atoms with van der Waals surface area (Å²) in [4.78, 5) is 5.87. The fourth-order valence-corrected chi connectivity index (χ4v) is 4.11. The number of methoxy groups -OCH3 is 1. The van der Waals surface area contributed by atoms with Crippen LogP contribution in [-0.4, -0.2) is 37.1 Å². The Morgan fingerprint density at radius 2 is 1.88 bits per heavy atom. The first-order valence-corrected chi connectivity index (χ1v) is 9.18. The van der Waals surface area contributed by atoms with Crippen molar-refractivity contribution < 1.29 is 4.74 Å². The van der Waals surface area contributed by atoms with Crippen LogP contribution < -0.4 is 4.74 Å². The average Bonchev–Trinajstić information content (AvgIpc) is 2.98. The molecule has 1 saturated heterocycles. The van der Waals surface area contributed by atoms with Gasteiger partial charge in [-0.2, -0.15) is 0 Å². The Kier molecular flexibility index (Phi) is 4.45. The molecule has 0 unspecified atom stereocenters. The lowest BCUT2D eigenvalue weighted by Crippen LogP contribution is -2.29. The molecule has 1 aliphatic rings. The number of hydrogen-bond donors (Lipinski definition) is 1. The van der Waals surface area contributed by atoms with E-state index in [-0.39, 0.29) is 0 Å². The molecular weight excluding hydrogens is 332 g/mol. The smallest absolute Gasteiger partial charge is 0.128 e. The number of H-pyrrole nitrogens is 1. The van der Waals surface area contributed by atoms with Crippen molar-refractivity contribution in [2.45, 2.75) is 18.8 Å². The van der Waals surface area contributed by atoms with Gasteiger partial charge in [0.25, 0.3) is 0 Å². The van der Waals surface area contributed by atoms with Crippen LogP contribution in [-0.2, 0) is 0 Å². The number of rotatable bonds is 3. The predicted molar refractivity (Wildman–Crippen MR) is 105 cm³/mol. The molecule has 3 aromatic rings. The third-order valence-corrected chi connectivity index (χ3v) is 5.72. The Bertz CT molecular complexity index is 894. The van der Waals surface area contributed by atoms with Gasteiger partial charge in [-0.25, -0.2) is 0 Å². The van der Waals surface area contributed by atoms with Crippen molar-refractivity contribution in [2.24, 2.45) is 0 Å². The molecule has 0 bridgehead atoms. The van der Waals surface area contributed by atoms with E-state index in [1.807, 2.05) is 24.3 Å². The van der Waals surface area contributed by atoms with E-state index < -0.39 is 0 Å². The second kappa shape index (κ2) is 6.74. The van der Waals surface area contributed by atoms with E-state index >= 15 is 0 Å². The zero-order valence-electron chi connectivity index (χ0n) is 14.7. The monoisotopic (exact) mass is 354 g/mol. The highest BCUT2D eigenvalue weighted by Gasteiger charge is 2.20. The molecular formula is C21H23ClN2O. The molecule has 1 N–H and O–H groups in total. The Morgan fingerprint density at radius 3 is 2.64 bits per heavy atom. The van der Waals surface area contributed by atoms with Gasteiger partial charge in [-0.15, -0.1) is 0 Å². The standard InChI is InChI=1S/C21H23ClN2O/c1-24-11-9-14(10-12-24)15-7-8-18-17(13-15)20(22)21(23-18)16-5-3-4-6-19(16)25-2/h3-8,13-14,23H,9-12H2,1-2H3. The second-order valence-corrected chi connectivity index (χ2v) is 7.27. The van der Waals surface area contributed by atoms with E-state index in [0.29, 0.717) is 5.92 Å². The number of halogens is 1. The van der Waals surface area contributed by atoms with Crippen molar-refractivity contribution in [1.29, 1.82) is 0 Å². The molecule has 1 fully saturated rings. The van der Waals surface area contributed by atoms with Crippen molar-refractivity contribution in [3.63, 3.8) is 0 Å². The van der Waals surface area contributed by atoms with E-state index in [0.717, 1.165) is 46.0 Å². The number of aromatic nitrogens is 1. The Balaban J connectivity index is 1.75. The summed E-state index contributed by atoms with van der Waals surface area (Å²) >= 11 is 6.76. The van der Waals surface area contributed by atoms with Crippen molar-refractivity contribution in [3.05, 3.63) is 53.1 Å². The minimum Gasteiger partial charge on any atom is -0.496 e. The van der Waals surface area contributed by atoms with Crippen LogP contribution in [0.15, 0.2) is 42.5 Å². The number of likely N-dealkylation sites (tertiary alicyclic amines) is 1. The van der Waals surface area contributed by atoms with Crippen LogP contribution in [0.3, 0.4) is 0 Å². The number of hydrogen-bond acceptors (Lipinski definition) is 2. The maximum Gasteiger partial charge on any atom is 0.128 e. The number of ether oxygens (including phenoxy) is 1. The molecule has 4 rings (SSSR count). The topological polar surface area (TPSA) is 28.3 Å². The Morgan fingerprint density at radius 1 is 1.12 bits per heavy atom. The molecule has 1 aliphatic heterocycles. The third kappa shape index (κ3) is 3.03. The summed E-state index contributed by atoms with van der Waals surface area (Å²) < 4.78 is 5.50. The van der Waals surface area contributed by atoms with E-state index in [1.54, 1.807) is 7.11 Å². The lowest BCUT2D eigenvalue weighted by molar-refractivity contribution is 0.255. The predicted octanol–water partition coefficient (Wildman–Crippen LogP) is 5.31. The highest BCUT2D eigenvalue weighted by Crippen LogP contribution is 2.40. The summed E-state index contributed by atoms with van der Waals surface area (Å²) in [6.45, 7) is 2.33. The molecule has 2 aromatic carbocycles. The molecule has 1 aromatic heterocycles. The minimum atomic E-state index is 0.626. The van der Waals surface area contributed by atoms with E-state index in [2.05, 4.69) is 35.1 Å². The van der Waals surface area contributed by atoms with Gasteiger partial charge in [0.2, 0.25) is 0 Å². The van der Waals surface area contributed by atoms with Gasteiger partial charge in [-0.05, 0) is 68.7 Å². The Hall–Kier alpha value is -1.97. The van der Waals surface area contributed by atoms with Gasteiger partial charge in [0.15, 0.2) is 0 Å². The van der Waals surface area contributed by atoms with Gasteiger partial charge in [0.1, 0.15) is 5.75 Å². The van der Waals surface area contributed by atoms with Crippen LogP contribution in [0.25, 0.3) is 22.2 Å². The average molecular weight is 355 g/mol. The molecule has 25 heavy (non-hydrogen) atoms. The molecule has 3 nitrogen and oxygen atoms in total. The number of benzene rings is 2. The maximum absolute atomic E-state index is 6.76. The van der Waals surface area contributed by atoms with Crippen molar-refractivity contribution in [2.75, 3.05) is 27.2 Å². The fourth-order valence-electron chi connectivity index (χ4n) is 3.81. The van der Waals surface area contributed by atoms with Crippen LogP contribution in [0.2, 0.25) is 5.02 Å². The van der Waals surface area contributed by atoms with Crippen LogP contribution in [0, 0.1) is 0 Å². The highest BCUT2D eigenvalue weighted by molar-refractivity contribution is 6.38. The largest absolute Gasteiger partial charge is 0.496 e. The van der Waals surface area contributed by atoms with Crippen molar-refractivity contribution in [1.82, 2.24) is 9.88 Å². The summed E-state index contributed by atoms with van der Waals surface area (Å²) in [5.74, 6) is 1.45. The summed E-state index contributed by atoms with van der Waals surface area (Å²) in [5.41, 5.74) is 4.39. The number of nitrogens with zero attached hydrogens (tertiary/aromatic N) is 1. The highest BCUT2D eigenvalue weighted by atomic mass is 35.5. The number of nitrogens with one attached hydrogen (secondary N) is 1. The quantitative estimate of drug-likeness (QED) is 0.690. The number of para-hydroxylation sites is 1. The number of aromatic amines is 1. The van der Waals surface area contributed by atoms with Gasteiger partial charge < -0.3 is 14.6 Å². The lowest BCUT2D eigenvalue weighted by Gasteiger charge is -2.29. The zero-order chi connectivity index (χ0) is 17.4. The third-order valence-electron chi connectivity index (χ3n) is 5.33. The Labute approximate surface area is 153 Å². The van der Waals surface area contributed by atoms with E-state index in [4.69, 9.17) is 16.3 Å². The molecule has 4 heteroatoms. The fraction of sp³-hybridized carbons (Fsp3) is 0.333. The summed E-state index contributed by atoms with van der Waals surface area (Å²) in [6.07, 6.45) is 2.42. The molecule has 0 amide bonds. The maximum atomic E-state index is 6.76. The first-order chi connectivity index (χ1) is 12.2. The first-order valence-electron chi connectivity index (χ1n) is 8.80. The van der Waals surface area contributed by atoms with Crippen LogP contribution in [0.5, 0.6) is 5.75 Å². The van der Waals surface area contributed by atoms with Gasteiger partial charge >= 0.3 is 0 Å². The molecule has 0 spiro atoms. The summed E-state index contributed by atoms with van der Waals surface area (Å²) in [7, 11) is 3.88. The SMILES string of the molecule is COc1ccccc1-c1[nH]c2ccc(C3CCN(C)CC3)cc2c1Cl. The molecule has 0 radical (unpaired) electrons. The van der Waals surface area contributed by atoms with Gasteiger partial charge in [0.05, 0.1) is 17.8 Å². The van der Waals surface area contributed by atoms with Crippen LogP contribution >= 0.6 is 11.6 Å². The normalized spacial score (nSPS) is 16.4. The zero-order valence-corrected chi connectivity index (χ0v) is 15.4. The van der Waals surface area contributed by atoms with Gasteiger partial charge in [-0.3, -0.25) is 0 Å². The second-order valence-electron chi connectivity index (χ2n) is 6.90. The van der Waals surface area contributed by atoms with Crippen LogP contribution in [0.1, 0.15) is 24.3 Å². The molecule has 130 valence electrons. The van der Waals surface area contributed by atoms with E-state index in [1.165, 1.54) is 18.4 Å². The molecule has 0 atom stereocenters. The number of piperidine rings is 1. The molecule has 0 saturated carbocycles. The number of fused-ring (bicyclic) bond motifs is 1. The van der Waals surface area contributed by atoms with Crippen molar-refractivity contribution in [3.8, 4) is 17.0 Å². The summed E-state index contributed by atoms with van der Waals surface area (Å²) in [5, 5.41) is 1.87. The molecule has 0 aliphatic carbocycles. The van der Waals surface area contributed by atoms with Crippen LogP contribution in [0.4, 0.5) is 0 Å². The summed E-state index contributed by atoms with van der Waals surface area (Å²) in [6, 6.07) is 14.6. The van der Waals surface area contributed by atoms with Crippen molar-refractivity contribution >= 4 is 22.5 Å².